The molecular formula is C11H19F3O. The van der Waals surface area contributed by atoms with E-state index in [2.05, 4.69) is 6.58 Å². The lowest BCUT2D eigenvalue weighted by molar-refractivity contribution is -0.191. The molecule has 0 spiro atoms. The van der Waals surface area contributed by atoms with Gasteiger partial charge in [-0.3, -0.25) is 0 Å². The molecular weight excluding hydrogens is 205 g/mol. The Labute approximate surface area is 89.3 Å². The smallest absolute Gasteiger partial charge is 0.384 e. The number of hydrogen-bond donors (Lipinski definition) is 0. The minimum absolute atomic E-state index is 0.0828. The monoisotopic (exact) mass is 224 g/mol. The SMILES string of the molecule is C=C(C)[C@H](COC)[C@H](CCC)C(F)(F)F. The number of halogens is 3. The maximum Gasteiger partial charge on any atom is 0.392 e. The van der Waals surface area contributed by atoms with E-state index in [-0.39, 0.29) is 13.0 Å². The van der Waals surface area contributed by atoms with Gasteiger partial charge in [0.05, 0.1) is 12.5 Å². The lowest BCUT2D eigenvalue weighted by atomic mass is 9.84. The van der Waals surface area contributed by atoms with Crippen LogP contribution in [-0.4, -0.2) is 19.9 Å². The Balaban J connectivity index is 4.75. The van der Waals surface area contributed by atoms with Crippen molar-refractivity contribution in [2.24, 2.45) is 11.8 Å². The second kappa shape index (κ2) is 6.16. The highest BCUT2D eigenvalue weighted by Crippen LogP contribution is 2.38. The minimum atomic E-state index is -4.17. The molecule has 0 N–H and O–H groups in total. The summed E-state index contributed by atoms with van der Waals surface area (Å²) in [7, 11) is 1.41. The van der Waals surface area contributed by atoms with Gasteiger partial charge < -0.3 is 4.74 Å². The van der Waals surface area contributed by atoms with E-state index < -0.39 is 18.0 Å². The molecule has 0 aromatic heterocycles. The molecule has 0 aliphatic heterocycles. The summed E-state index contributed by atoms with van der Waals surface area (Å²) in [5, 5.41) is 0. The normalized spacial score (nSPS) is 16.1. The molecule has 0 fully saturated rings. The minimum Gasteiger partial charge on any atom is -0.384 e. The molecule has 1 nitrogen and oxygen atoms in total. The first-order valence-corrected chi connectivity index (χ1v) is 5.05. The average molecular weight is 224 g/mol. The molecule has 0 bridgehead atoms. The molecule has 90 valence electrons. The second-order valence-corrected chi connectivity index (χ2v) is 3.84. The highest BCUT2D eigenvalue weighted by Gasteiger charge is 2.43. The van der Waals surface area contributed by atoms with E-state index in [1.165, 1.54) is 7.11 Å². The van der Waals surface area contributed by atoms with Crippen LogP contribution in [0, 0.1) is 11.8 Å². The standard InChI is InChI=1S/C11H19F3O/c1-5-6-10(11(12,13)14)9(7-15-4)8(2)3/h9-10H,2,5-7H2,1,3-4H3/t9-,10-/m0/s1. The molecule has 0 aliphatic carbocycles. The van der Waals surface area contributed by atoms with E-state index in [4.69, 9.17) is 4.74 Å². The van der Waals surface area contributed by atoms with Gasteiger partial charge in [0.25, 0.3) is 0 Å². The Hall–Kier alpha value is -0.510. The van der Waals surface area contributed by atoms with Gasteiger partial charge in [0.1, 0.15) is 0 Å². The Morgan fingerprint density at radius 3 is 2.20 bits per heavy atom. The lowest BCUT2D eigenvalue weighted by Gasteiger charge is -2.28. The van der Waals surface area contributed by atoms with E-state index in [0.29, 0.717) is 12.0 Å². The van der Waals surface area contributed by atoms with Crippen molar-refractivity contribution >= 4 is 0 Å². The summed E-state index contributed by atoms with van der Waals surface area (Å²) >= 11 is 0. The first-order valence-electron chi connectivity index (χ1n) is 5.05. The molecule has 0 aromatic rings. The molecule has 0 aromatic carbocycles. The van der Waals surface area contributed by atoms with Crippen LogP contribution in [0.25, 0.3) is 0 Å². The van der Waals surface area contributed by atoms with Crippen molar-refractivity contribution in [3.05, 3.63) is 12.2 Å². The predicted octanol–water partition coefficient (Wildman–Crippen LogP) is 3.80. The summed E-state index contributed by atoms with van der Waals surface area (Å²) in [6.45, 7) is 7.07. The molecule has 2 atom stereocenters. The van der Waals surface area contributed by atoms with Crippen molar-refractivity contribution < 1.29 is 17.9 Å². The van der Waals surface area contributed by atoms with E-state index in [1.807, 2.05) is 0 Å². The summed E-state index contributed by atoms with van der Waals surface area (Å²) in [5.41, 5.74) is 0.535. The zero-order valence-electron chi connectivity index (χ0n) is 9.53. The summed E-state index contributed by atoms with van der Waals surface area (Å²) in [5.74, 6) is -1.96. The van der Waals surface area contributed by atoms with Crippen LogP contribution in [0.2, 0.25) is 0 Å². The van der Waals surface area contributed by atoms with Crippen LogP contribution in [0.1, 0.15) is 26.7 Å². The predicted molar refractivity (Wildman–Crippen MR) is 54.6 cm³/mol. The van der Waals surface area contributed by atoms with Crippen molar-refractivity contribution in [3.63, 3.8) is 0 Å². The van der Waals surface area contributed by atoms with Crippen LogP contribution in [0.5, 0.6) is 0 Å². The van der Waals surface area contributed by atoms with Crippen molar-refractivity contribution in [1.29, 1.82) is 0 Å². The average Bonchev–Trinajstić information content (AvgIpc) is 2.09. The van der Waals surface area contributed by atoms with Gasteiger partial charge >= 0.3 is 6.18 Å². The third-order valence-corrected chi connectivity index (χ3v) is 2.49. The highest BCUT2D eigenvalue weighted by molar-refractivity contribution is 5.00. The maximum absolute atomic E-state index is 12.7. The maximum atomic E-state index is 12.7. The fourth-order valence-electron chi connectivity index (χ4n) is 1.69. The number of rotatable bonds is 6. The van der Waals surface area contributed by atoms with E-state index in [9.17, 15) is 13.2 Å². The Morgan fingerprint density at radius 1 is 1.40 bits per heavy atom. The first-order chi connectivity index (χ1) is 6.84. The second-order valence-electron chi connectivity index (χ2n) is 3.84. The largest absolute Gasteiger partial charge is 0.392 e. The Morgan fingerprint density at radius 2 is 1.93 bits per heavy atom. The van der Waals surface area contributed by atoms with Gasteiger partial charge in [-0.15, -0.1) is 0 Å². The van der Waals surface area contributed by atoms with Crippen LogP contribution in [0.4, 0.5) is 13.2 Å². The summed E-state index contributed by atoms with van der Waals surface area (Å²) in [6, 6.07) is 0. The first kappa shape index (κ1) is 14.5. The van der Waals surface area contributed by atoms with Gasteiger partial charge in [-0.25, -0.2) is 0 Å². The number of hydrogen-bond acceptors (Lipinski definition) is 1. The van der Waals surface area contributed by atoms with Gasteiger partial charge in [0.2, 0.25) is 0 Å². The molecule has 15 heavy (non-hydrogen) atoms. The summed E-state index contributed by atoms with van der Waals surface area (Å²) in [4.78, 5) is 0. The molecule has 0 rings (SSSR count). The molecule has 0 saturated heterocycles. The van der Waals surface area contributed by atoms with Crippen molar-refractivity contribution in [2.45, 2.75) is 32.9 Å². The molecule has 0 radical (unpaired) electrons. The highest BCUT2D eigenvalue weighted by atomic mass is 19.4. The fraction of sp³-hybridized carbons (Fsp3) is 0.818. The van der Waals surface area contributed by atoms with E-state index in [0.717, 1.165) is 0 Å². The Bertz CT molecular complexity index is 198. The van der Waals surface area contributed by atoms with Gasteiger partial charge in [0.15, 0.2) is 0 Å². The van der Waals surface area contributed by atoms with Gasteiger partial charge in [-0.2, -0.15) is 13.2 Å². The molecule has 0 aliphatic rings. The van der Waals surface area contributed by atoms with Crippen LogP contribution in [0.3, 0.4) is 0 Å². The lowest BCUT2D eigenvalue weighted by Crippen LogP contribution is -2.33. The number of ether oxygens (including phenoxy) is 1. The zero-order chi connectivity index (χ0) is 12.1. The van der Waals surface area contributed by atoms with Gasteiger partial charge in [-0.1, -0.05) is 25.5 Å². The zero-order valence-corrected chi connectivity index (χ0v) is 9.53. The molecule has 0 heterocycles. The van der Waals surface area contributed by atoms with Crippen LogP contribution in [-0.2, 0) is 4.74 Å². The van der Waals surface area contributed by atoms with Crippen LogP contribution < -0.4 is 0 Å². The third-order valence-electron chi connectivity index (χ3n) is 2.49. The quantitative estimate of drug-likeness (QED) is 0.623. The van der Waals surface area contributed by atoms with E-state index >= 15 is 0 Å². The van der Waals surface area contributed by atoms with Crippen molar-refractivity contribution in [3.8, 4) is 0 Å². The topological polar surface area (TPSA) is 9.23 Å². The van der Waals surface area contributed by atoms with Crippen LogP contribution in [0.15, 0.2) is 12.2 Å². The molecule has 4 heteroatoms. The summed E-state index contributed by atoms with van der Waals surface area (Å²) < 4.78 is 43.1. The van der Waals surface area contributed by atoms with Gasteiger partial charge in [0, 0.05) is 13.0 Å². The third kappa shape index (κ3) is 4.69. The van der Waals surface area contributed by atoms with Gasteiger partial charge in [-0.05, 0) is 13.3 Å². The van der Waals surface area contributed by atoms with Crippen LogP contribution >= 0.6 is 0 Å². The van der Waals surface area contributed by atoms with Crippen molar-refractivity contribution in [2.75, 3.05) is 13.7 Å². The number of methoxy groups -OCH3 is 1. The molecule has 0 unspecified atom stereocenters. The Kier molecular flexibility index (Phi) is 5.95. The molecule has 0 saturated carbocycles. The summed E-state index contributed by atoms with van der Waals surface area (Å²) in [6.07, 6.45) is -3.53. The van der Waals surface area contributed by atoms with Crippen molar-refractivity contribution in [1.82, 2.24) is 0 Å². The fourth-order valence-corrected chi connectivity index (χ4v) is 1.69. The molecule has 0 amide bonds. The number of alkyl halides is 3. The van der Waals surface area contributed by atoms with E-state index in [1.54, 1.807) is 13.8 Å².